The second-order valence-corrected chi connectivity index (χ2v) is 6.05. The standard InChI is InChI=1S/C17H19F2N5O/c1-22(2)15-5-6-16(21-20-15)23-7-9-24(10-8-23)17(25)13-4-3-12(18)11-14(13)19/h3-6,11H,7-10H2,1-2H3. The van der Waals surface area contributed by atoms with Crippen LogP contribution in [-0.2, 0) is 0 Å². The highest BCUT2D eigenvalue weighted by Gasteiger charge is 2.25. The highest BCUT2D eigenvalue weighted by Crippen LogP contribution is 2.18. The molecule has 8 heteroatoms. The van der Waals surface area contributed by atoms with Crippen molar-refractivity contribution in [1.29, 1.82) is 0 Å². The number of halogens is 2. The van der Waals surface area contributed by atoms with E-state index in [1.165, 1.54) is 6.07 Å². The number of rotatable bonds is 3. The molecule has 25 heavy (non-hydrogen) atoms. The normalized spacial score (nSPS) is 14.6. The number of hydrogen-bond donors (Lipinski definition) is 0. The molecule has 6 nitrogen and oxygen atoms in total. The maximum Gasteiger partial charge on any atom is 0.256 e. The number of nitrogens with zero attached hydrogens (tertiary/aromatic N) is 5. The van der Waals surface area contributed by atoms with E-state index in [4.69, 9.17) is 0 Å². The Labute approximate surface area is 144 Å². The van der Waals surface area contributed by atoms with Gasteiger partial charge >= 0.3 is 0 Å². The summed E-state index contributed by atoms with van der Waals surface area (Å²) >= 11 is 0. The largest absolute Gasteiger partial charge is 0.361 e. The molecule has 1 fully saturated rings. The lowest BCUT2D eigenvalue weighted by Crippen LogP contribution is -2.49. The summed E-state index contributed by atoms with van der Waals surface area (Å²) in [5.41, 5.74) is -0.107. The molecule has 1 saturated heterocycles. The summed E-state index contributed by atoms with van der Waals surface area (Å²) < 4.78 is 26.8. The molecule has 1 aromatic carbocycles. The highest BCUT2D eigenvalue weighted by atomic mass is 19.1. The molecule has 3 rings (SSSR count). The molecule has 0 atom stereocenters. The summed E-state index contributed by atoms with van der Waals surface area (Å²) in [6.07, 6.45) is 0. The van der Waals surface area contributed by atoms with Crippen molar-refractivity contribution in [3.8, 4) is 0 Å². The van der Waals surface area contributed by atoms with Gasteiger partial charge in [-0.25, -0.2) is 8.78 Å². The van der Waals surface area contributed by atoms with Crippen LogP contribution in [-0.4, -0.2) is 61.3 Å². The van der Waals surface area contributed by atoms with Gasteiger partial charge in [0.1, 0.15) is 11.6 Å². The molecule has 0 spiro atoms. The zero-order valence-electron chi connectivity index (χ0n) is 14.1. The zero-order chi connectivity index (χ0) is 18.0. The molecule has 1 aliphatic heterocycles. The van der Waals surface area contributed by atoms with Gasteiger partial charge in [0, 0.05) is 46.3 Å². The van der Waals surface area contributed by atoms with Crippen molar-refractivity contribution in [2.45, 2.75) is 0 Å². The van der Waals surface area contributed by atoms with Crippen molar-refractivity contribution in [2.24, 2.45) is 0 Å². The average molecular weight is 347 g/mol. The molecule has 2 heterocycles. The molecule has 1 amide bonds. The molecule has 0 N–H and O–H groups in total. The van der Waals surface area contributed by atoms with Gasteiger partial charge in [-0.15, -0.1) is 10.2 Å². The van der Waals surface area contributed by atoms with Crippen LogP contribution in [0.15, 0.2) is 30.3 Å². The fourth-order valence-corrected chi connectivity index (χ4v) is 2.70. The smallest absolute Gasteiger partial charge is 0.256 e. The second kappa shape index (κ2) is 7.00. The van der Waals surface area contributed by atoms with Crippen LogP contribution in [0.5, 0.6) is 0 Å². The van der Waals surface area contributed by atoms with E-state index < -0.39 is 17.5 Å². The van der Waals surface area contributed by atoms with Gasteiger partial charge in [-0.3, -0.25) is 4.79 Å². The lowest BCUT2D eigenvalue weighted by Gasteiger charge is -2.35. The van der Waals surface area contributed by atoms with Crippen LogP contribution >= 0.6 is 0 Å². The van der Waals surface area contributed by atoms with E-state index in [-0.39, 0.29) is 5.56 Å². The molecular formula is C17H19F2N5O. The first kappa shape index (κ1) is 17.1. The third-order valence-corrected chi connectivity index (χ3v) is 4.15. The molecule has 1 aromatic heterocycles. The van der Waals surface area contributed by atoms with Gasteiger partial charge in [-0.1, -0.05) is 0 Å². The van der Waals surface area contributed by atoms with Crippen molar-refractivity contribution < 1.29 is 13.6 Å². The SMILES string of the molecule is CN(C)c1ccc(N2CCN(C(=O)c3ccc(F)cc3F)CC2)nn1. The van der Waals surface area contributed by atoms with Crippen LogP contribution in [0.4, 0.5) is 20.4 Å². The van der Waals surface area contributed by atoms with Crippen molar-refractivity contribution >= 4 is 17.5 Å². The summed E-state index contributed by atoms with van der Waals surface area (Å²) in [4.78, 5) is 17.9. The Morgan fingerprint density at radius 2 is 1.76 bits per heavy atom. The molecule has 2 aromatic rings. The molecular weight excluding hydrogens is 328 g/mol. The minimum atomic E-state index is -0.836. The molecule has 132 valence electrons. The molecule has 0 radical (unpaired) electrons. The minimum Gasteiger partial charge on any atom is -0.361 e. The summed E-state index contributed by atoms with van der Waals surface area (Å²) in [5, 5.41) is 8.35. The number of anilines is 2. The number of amides is 1. The van der Waals surface area contributed by atoms with Crippen molar-refractivity contribution in [3.63, 3.8) is 0 Å². The third-order valence-electron chi connectivity index (χ3n) is 4.15. The summed E-state index contributed by atoms with van der Waals surface area (Å²) in [7, 11) is 3.78. The first-order valence-corrected chi connectivity index (χ1v) is 7.96. The number of aromatic nitrogens is 2. The average Bonchev–Trinajstić information content (AvgIpc) is 2.61. The predicted molar refractivity (Wildman–Crippen MR) is 90.8 cm³/mol. The number of piperazine rings is 1. The summed E-state index contributed by atoms with van der Waals surface area (Å²) in [6.45, 7) is 2.02. The van der Waals surface area contributed by atoms with E-state index in [0.29, 0.717) is 26.2 Å². The van der Waals surface area contributed by atoms with E-state index in [1.807, 2.05) is 36.0 Å². The van der Waals surface area contributed by atoms with E-state index in [0.717, 1.165) is 23.8 Å². The maximum absolute atomic E-state index is 13.8. The van der Waals surface area contributed by atoms with Crippen LogP contribution < -0.4 is 9.80 Å². The minimum absolute atomic E-state index is 0.107. The van der Waals surface area contributed by atoms with Crippen LogP contribution in [0.25, 0.3) is 0 Å². The van der Waals surface area contributed by atoms with Crippen molar-refractivity contribution in [2.75, 3.05) is 50.1 Å². The van der Waals surface area contributed by atoms with Gasteiger partial charge in [-0.05, 0) is 24.3 Å². The molecule has 0 bridgehead atoms. The first-order chi connectivity index (χ1) is 12.0. The van der Waals surface area contributed by atoms with Crippen LogP contribution in [0.3, 0.4) is 0 Å². The van der Waals surface area contributed by atoms with Crippen molar-refractivity contribution in [1.82, 2.24) is 15.1 Å². The van der Waals surface area contributed by atoms with Gasteiger partial charge in [0.25, 0.3) is 5.91 Å². The Bertz CT molecular complexity index is 758. The topological polar surface area (TPSA) is 52.6 Å². The van der Waals surface area contributed by atoms with Gasteiger partial charge in [0.15, 0.2) is 11.6 Å². The fraction of sp³-hybridized carbons (Fsp3) is 0.353. The lowest BCUT2D eigenvalue weighted by molar-refractivity contribution is 0.0741. The zero-order valence-corrected chi connectivity index (χ0v) is 14.1. The third kappa shape index (κ3) is 3.67. The Balaban J connectivity index is 1.64. The molecule has 0 saturated carbocycles. The Kier molecular flexibility index (Phi) is 4.78. The Morgan fingerprint density at radius 1 is 1.04 bits per heavy atom. The molecule has 1 aliphatic rings. The van der Waals surface area contributed by atoms with E-state index in [2.05, 4.69) is 10.2 Å². The van der Waals surface area contributed by atoms with Gasteiger partial charge in [-0.2, -0.15) is 0 Å². The maximum atomic E-state index is 13.8. The van der Waals surface area contributed by atoms with E-state index in [1.54, 1.807) is 4.90 Å². The monoisotopic (exact) mass is 347 g/mol. The number of hydrogen-bond acceptors (Lipinski definition) is 5. The summed E-state index contributed by atoms with van der Waals surface area (Å²) in [6, 6.07) is 6.78. The lowest BCUT2D eigenvalue weighted by atomic mass is 10.1. The number of carbonyl (C=O) groups is 1. The van der Waals surface area contributed by atoms with Crippen LogP contribution in [0.1, 0.15) is 10.4 Å². The summed E-state index contributed by atoms with van der Waals surface area (Å²) in [5.74, 6) is -0.447. The molecule has 0 aliphatic carbocycles. The molecule has 0 unspecified atom stereocenters. The Morgan fingerprint density at radius 3 is 2.32 bits per heavy atom. The van der Waals surface area contributed by atoms with Crippen LogP contribution in [0.2, 0.25) is 0 Å². The van der Waals surface area contributed by atoms with Gasteiger partial charge in [0.05, 0.1) is 5.56 Å². The number of benzene rings is 1. The highest BCUT2D eigenvalue weighted by molar-refractivity contribution is 5.94. The first-order valence-electron chi connectivity index (χ1n) is 7.96. The Hall–Kier alpha value is -2.77. The second-order valence-electron chi connectivity index (χ2n) is 6.05. The fourth-order valence-electron chi connectivity index (χ4n) is 2.70. The van der Waals surface area contributed by atoms with E-state index >= 15 is 0 Å². The quantitative estimate of drug-likeness (QED) is 0.847. The van der Waals surface area contributed by atoms with Crippen LogP contribution in [0, 0.1) is 11.6 Å². The predicted octanol–water partition coefficient (Wildman–Crippen LogP) is 1.78. The van der Waals surface area contributed by atoms with Gasteiger partial charge in [0.2, 0.25) is 0 Å². The van der Waals surface area contributed by atoms with Gasteiger partial charge < -0.3 is 14.7 Å². The number of carbonyl (C=O) groups excluding carboxylic acids is 1. The van der Waals surface area contributed by atoms with E-state index in [9.17, 15) is 13.6 Å². The van der Waals surface area contributed by atoms with Crippen molar-refractivity contribution in [3.05, 3.63) is 47.5 Å².